The summed E-state index contributed by atoms with van der Waals surface area (Å²) in [4.78, 5) is 16.7. The maximum Gasteiger partial charge on any atom is 0.326 e. The standard InChI is InChI=1S/C24H30FN3O/c1-3-15-27(2)16-6-4-5-7-19-8-13-23-20(18-19)14-17-28(23)24(29)26-22-11-9-21(25)10-12-22/h3,8-13,18H,1,4-7,14-17H2,2H3,(H,26,29). The minimum atomic E-state index is -0.314. The van der Waals surface area contributed by atoms with Crippen molar-refractivity contribution in [1.82, 2.24) is 4.90 Å². The first-order valence-corrected chi connectivity index (χ1v) is 10.3. The molecule has 1 N–H and O–H groups in total. The van der Waals surface area contributed by atoms with Crippen LogP contribution in [0.15, 0.2) is 55.1 Å². The Balaban J connectivity index is 1.49. The van der Waals surface area contributed by atoms with E-state index in [0.29, 0.717) is 12.2 Å². The molecule has 0 bridgehead atoms. The summed E-state index contributed by atoms with van der Waals surface area (Å²) in [6, 6.07) is 12.1. The molecule has 1 aliphatic heterocycles. The topological polar surface area (TPSA) is 35.6 Å². The monoisotopic (exact) mass is 395 g/mol. The number of urea groups is 1. The van der Waals surface area contributed by atoms with Gasteiger partial charge in [-0.15, -0.1) is 6.58 Å². The Morgan fingerprint density at radius 2 is 2.00 bits per heavy atom. The summed E-state index contributed by atoms with van der Waals surface area (Å²) >= 11 is 0. The van der Waals surface area contributed by atoms with Crippen LogP contribution in [0.3, 0.4) is 0 Å². The molecule has 3 rings (SSSR count). The third kappa shape index (κ3) is 5.91. The summed E-state index contributed by atoms with van der Waals surface area (Å²) in [5.74, 6) is -0.314. The summed E-state index contributed by atoms with van der Waals surface area (Å²) in [6.45, 7) is 6.48. The first-order valence-electron chi connectivity index (χ1n) is 10.3. The highest BCUT2D eigenvalue weighted by Gasteiger charge is 2.24. The Morgan fingerprint density at radius 1 is 1.21 bits per heavy atom. The third-order valence-corrected chi connectivity index (χ3v) is 5.33. The fourth-order valence-electron chi connectivity index (χ4n) is 3.75. The average molecular weight is 396 g/mol. The maximum absolute atomic E-state index is 13.0. The molecule has 0 aromatic heterocycles. The van der Waals surface area contributed by atoms with Crippen molar-refractivity contribution in [3.8, 4) is 0 Å². The summed E-state index contributed by atoms with van der Waals surface area (Å²) < 4.78 is 13.0. The predicted molar refractivity (Wildman–Crippen MR) is 118 cm³/mol. The second-order valence-electron chi connectivity index (χ2n) is 7.66. The zero-order valence-corrected chi connectivity index (χ0v) is 17.2. The van der Waals surface area contributed by atoms with Gasteiger partial charge in [0, 0.05) is 24.5 Å². The Labute approximate surface area is 173 Å². The van der Waals surface area contributed by atoms with E-state index in [9.17, 15) is 9.18 Å². The minimum Gasteiger partial charge on any atom is -0.308 e. The van der Waals surface area contributed by atoms with Crippen molar-refractivity contribution in [2.75, 3.05) is 36.9 Å². The Hall–Kier alpha value is -2.66. The molecule has 1 heterocycles. The lowest BCUT2D eigenvalue weighted by atomic mass is 10.0. The van der Waals surface area contributed by atoms with Crippen molar-refractivity contribution >= 4 is 17.4 Å². The van der Waals surface area contributed by atoms with Crippen LogP contribution in [0, 0.1) is 5.82 Å². The quantitative estimate of drug-likeness (QED) is 0.465. The second-order valence-corrected chi connectivity index (χ2v) is 7.66. The molecule has 154 valence electrons. The molecule has 5 heteroatoms. The fourth-order valence-corrected chi connectivity index (χ4v) is 3.75. The second kappa shape index (κ2) is 10.2. The van der Waals surface area contributed by atoms with E-state index in [1.54, 1.807) is 17.0 Å². The van der Waals surface area contributed by atoms with Gasteiger partial charge in [-0.1, -0.05) is 24.6 Å². The van der Waals surface area contributed by atoms with Gasteiger partial charge in [0.1, 0.15) is 5.82 Å². The fraction of sp³-hybridized carbons (Fsp3) is 0.375. The third-order valence-electron chi connectivity index (χ3n) is 5.33. The molecule has 1 aliphatic rings. The average Bonchev–Trinajstić information content (AvgIpc) is 3.13. The zero-order chi connectivity index (χ0) is 20.6. The van der Waals surface area contributed by atoms with E-state index in [2.05, 4.69) is 42.0 Å². The van der Waals surface area contributed by atoms with Gasteiger partial charge in [-0.05, 0) is 80.7 Å². The predicted octanol–water partition coefficient (Wildman–Crippen LogP) is 5.25. The molecular weight excluding hydrogens is 365 g/mol. The lowest BCUT2D eigenvalue weighted by Gasteiger charge is -2.18. The number of nitrogens with zero attached hydrogens (tertiary/aromatic N) is 2. The van der Waals surface area contributed by atoms with E-state index in [0.717, 1.165) is 31.6 Å². The van der Waals surface area contributed by atoms with Gasteiger partial charge in [0.15, 0.2) is 0 Å². The van der Waals surface area contributed by atoms with Crippen molar-refractivity contribution < 1.29 is 9.18 Å². The van der Waals surface area contributed by atoms with E-state index in [4.69, 9.17) is 0 Å². The number of likely N-dealkylation sites (N-methyl/N-ethyl adjacent to an activating group) is 1. The summed E-state index contributed by atoms with van der Waals surface area (Å²) in [6.07, 6.45) is 7.47. The molecule has 0 radical (unpaired) electrons. The van der Waals surface area contributed by atoms with Crippen molar-refractivity contribution in [1.29, 1.82) is 0 Å². The maximum atomic E-state index is 13.0. The highest BCUT2D eigenvalue weighted by Crippen LogP contribution is 2.30. The molecule has 0 aliphatic carbocycles. The molecule has 0 saturated carbocycles. The number of carbonyl (C=O) groups excluding carboxylic acids is 1. The Morgan fingerprint density at radius 3 is 2.76 bits per heavy atom. The highest BCUT2D eigenvalue weighted by molar-refractivity contribution is 6.03. The molecule has 29 heavy (non-hydrogen) atoms. The van der Waals surface area contributed by atoms with E-state index in [1.165, 1.54) is 42.5 Å². The van der Waals surface area contributed by atoms with Crippen LogP contribution < -0.4 is 10.2 Å². The van der Waals surface area contributed by atoms with Crippen LogP contribution in [0.1, 0.15) is 30.4 Å². The number of rotatable bonds is 9. The largest absolute Gasteiger partial charge is 0.326 e. The van der Waals surface area contributed by atoms with Crippen molar-refractivity contribution in [3.05, 3.63) is 72.1 Å². The lowest BCUT2D eigenvalue weighted by Crippen LogP contribution is -2.33. The van der Waals surface area contributed by atoms with Gasteiger partial charge in [-0.3, -0.25) is 4.90 Å². The zero-order valence-electron chi connectivity index (χ0n) is 17.2. The Bertz CT molecular complexity index is 835. The number of halogens is 1. The number of fused-ring (bicyclic) bond motifs is 1. The summed E-state index contributed by atoms with van der Waals surface area (Å²) in [5, 5.41) is 2.84. The van der Waals surface area contributed by atoms with Gasteiger partial charge >= 0.3 is 6.03 Å². The van der Waals surface area contributed by atoms with Crippen molar-refractivity contribution in [2.45, 2.75) is 32.1 Å². The number of nitrogens with one attached hydrogen (secondary N) is 1. The molecule has 0 spiro atoms. The van der Waals surface area contributed by atoms with Crippen LogP contribution in [-0.4, -0.2) is 37.6 Å². The van der Waals surface area contributed by atoms with Gasteiger partial charge < -0.3 is 10.2 Å². The first kappa shape index (κ1) is 21.1. The lowest BCUT2D eigenvalue weighted by molar-refractivity contribution is 0.257. The smallest absolute Gasteiger partial charge is 0.308 e. The minimum absolute atomic E-state index is 0.174. The van der Waals surface area contributed by atoms with Crippen LogP contribution in [0.25, 0.3) is 0 Å². The number of amides is 2. The van der Waals surface area contributed by atoms with Gasteiger partial charge in [0.25, 0.3) is 0 Å². The van der Waals surface area contributed by atoms with E-state index in [1.807, 2.05) is 6.08 Å². The van der Waals surface area contributed by atoms with Crippen LogP contribution in [0.4, 0.5) is 20.6 Å². The molecule has 0 fully saturated rings. The first-order chi connectivity index (χ1) is 14.1. The van der Waals surface area contributed by atoms with Gasteiger partial charge in [-0.25, -0.2) is 9.18 Å². The van der Waals surface area contributed by atoms with Gasteiger partial charge in [0.05, 0.1) is 0 Å². The summed E-state index contributed by atoms with van der Waals surface area (Å²) in [7, 11) is 2.13. The van der Waals surface area contributed by atoms with Gasteiger partial charge in [0.2, 0.25) is 0 Å². The Kier molecular flexibility index (Phi) is 7.42. The molecule has 2 aromatic carbocycles. The number of hydrogen-bond acceptors (Lipinski definition) is 2. The number of hydrogen-bond donors (Lipinski definition) is 1. The molecule has 2 aromatic rings. The number of benzene rings is 2. The van der Waals surface area contributed by atoms with Crippen LogP contribution >= 0.6 is 0 Å². The summed E-state index contributed by atoms with van der Waals surface area (Å²) in [5.41, 5.74) is 4.13. The van der Waals surface area contributed by atoms with Crippen molar-refractivity contribution in [3.63, 3.8) is 0 Å². The van der Waals surface area contributed by atoms with Crippen molar-refractivity contribution in [2.24, 2.45) is 0 Å². The number of aryl methyl sites for hydroxylation is 1. The van der Waals surface area contributed by atoms with E-state index >= 15 is 0 Å². The van der Waals surface area contributed by atoms with E-state index < -0.39 is 0 Å². The number of unbranched alkanes of at least 4 members (excludes halogenated alkanes) is 2. The van der Waals surface area contributed by atoms with Crippen LogP contribution in [0.5, 0.6) is 0 Å². The normalized spacial score (nSPS) is 12.9. The molecule has 0 atom stereocenters. The van der Waals surface area contributed by atoms with Crippen LogP contribution in [-0.2, 0) is 12.8 Å². The molecular formula is C24H30FN3O. The van der Waals surface area contributed by atoms with Crippen LogP contribution in [0.2, 0.25) is 0 Å². The molecule has 0 unspecified atom stereocenters. The highest BCUT2D eigenvalue weighted by atomic mass is 19.1. The van der Waals surface area contributed by atoms with Gasteiger partial charge in [-0.2, -0.15) is 0 Å². The number of carbonyl (C=O) groups is 1. The molecule has 0 saturated heterocycles. The number of anilines is 2. The SMILES string of the molecule is C=CCN(C)CCCCCc1ccc2c(c1)CCN2C(=O)Nc1ccc(F)cc1. The molecule has 4 nitrogen and oxygen atoms in total. The van der Waals surface area contributed by atoms with E-state index in [-0.39, 0.29) is 11.8 Å². The molecule has 2 amide bonds.